The molecular weight excluding hydrogens is 212 g/mol. The van der Waals surface area contributed by atoms with Crippen molar-refractivity contribution in [3.8, 4) is 0 Å². The first-order valence-electron chi connectivity index (χ1n) is 6.88. The van der Waals surface area contributed by atoms with E-state index in [4.69, 9.17) is 4.74 Å². The number of methoxy groups -OCH3 is 1. The minimum absolute atomic E-state index is 0.261. The van der Waals surface area contributed by atoms with E-state index in [1.165, 1.54) is 25.8 Å². The summed E-state index contributed by atoms with van der Waals surface area (Å²) in [6.45, 7) is 11.0. The molecule has 0 amide bonds. The van der Waals surface area contributed by atoms with Crippen LogP contribution in [-0.4, -0.2) is 50.8 Å². The van der Waals surface area contributed by atoms with Gasteiger partial charge in [0.1, 0.15) is 0 Å². The predicted molar refractivity (Wildman–Crippen MR) is 75.6 cm³/mol. The highest BCUT2D eigenvalue weighted by Crippen LogP contribution is 2.01. The van der Waals surface area contributed by atoms with Crippen LogP contribution >= 0.6 is 0 Å². The molecule has 0 aliphatic carbocycles. The average Bonchev–Trinajstić information content (AvgIpc) is 2.22. The predicted octanol–water partition coefficient (Wildman–Crippen LogP) is 2.51. The minimum atomic E-state index is 0.261. The van der Waals surface area contributed by atoms with Gasteiger partial charge in [0.05, 0.1) is 0 Å². The van der Waals surface area contributed by atoms with E-state index in [1.54, 1.807) is 7.11 Å². The van der Waals surface area contributed by atoms with E-state index in [0.29, 0.717) is 0 Å². The Balaban J connectivity index is 3.22. The molecule has 0 bridgehead atoms. The third-order valence-corrected chi connectivity index (χ3v) is 2.76. The van der Waals surface area contributed by atoms with Gasteiger partial charge in [-0.05, 0) is 60.2 Å². The molecule has 0 aliphatic rings. The molecule has 3 nitrogen and oxygen atoms in total. The summed E-state index contributed by atoms with van der Waals surface area (Å²) in [5.41, 5.74) is 0.261. The highest BCUT2D eigenvalue weighted by atomic mass is 16.5. The summed E-state index contributed by atoms with van der Waals surface area (Å²) in [4.78, 5) is 2.40. The molecule has 0 fully saturated rings. The standard InChI is InChI=1S/C14H32N2O/c1-14(2,3)15-10-7-6-8-11-16(4)12-9-13-17-5/h15H,6-13H2,1-5H3. The highest BCUT2D eigenvalue weighted by molar-refractivity contribution is 4.69. The molecule has 0 aromatic carbocycles. The third-order valence-electron chi connectivity index (χ3n) is 2.76. The molecule has 0 aromatic heterocycles. The van der Waals surface area contributed by atoms with Crippen LogP contribution in [0.25, 0.3) is 0 Å². The smallest absolute Gasteiger partial charge is 0.0474 e. The Morgan fingerprint density at radius 3 is 2.24 bits per heavy atom. The van der Waals surface area contributed by atoms with E-state index in [-0.39, 0.29) is 5.54 Å². The largest absolute Gasteiger partial charge is 0.385 e. The first-order valence-corrected chi connectivity index (χ1v) is 6.88. The molecule has 0 spiro atoms. The zero-order chi connectivity index (χ0) is 13.1. The highest BCUT2D eigenvalue weighted by Gasteiger charge is 2.06. The summed E-state index contributed by atoms with van der Waals surface area (Å²) >= 11 is 0. The Bertz CT molecular complexity index is 166. The first kappa shape index (κ1) is 16.9. The van der Waals surface area contributed by atoms with Gasteiger partial charge >= 0.3 is 0 Å². The van der Waals surface area contributed by atoms with E-state index in [9.17, 15) is 0 Å². The fourth-order valence-corrected chi connectivity index (χ4v) is 1.74. The molecule has 0 radical (unpaired) electrons. The number of hydrogen-bond donors (Lipinski definition) is 1. The molecule has 3 heteroatoms. The Labute approximate surface area is 108 Å². The second-order valence-corrected chi connectivity index (χ2v) is 5.89. The van der Waals surface area contributed by atoms with Crippen molar-refractivity contribution in [2.45, 2.75) is 52.0 Å². The van der Waals surface area contributed by atoms with Gasteiger partial charge in [-0.1, -0.05) is 6.42 Å². The lowest BCUT2D eigenvalue weighted by Crippen LogP contribution is -2.36. The maximum Gasteiger partial charge on any atom is 0.0474 e. The third kappa shape index (κ3) is 13.8. The quantitative estimate of drug-likeness (QED) is 0.598. The molecule has 17 heavy (non-hydrogen) atoms. The van der Waals surface area contributed by atoms with Gasteiger partial charge in [-0.15, -0.1) is 0 Å². The van der Waals surface area contributed by atoms with Gasteiger partial charge in [-0.2, -0.15) is 0 Å². The summed E-state index contributed by atoms with van der Waals surface area (Å²) in [7, 11) is 3.96. The normalized spacial score (nSPS) is 12.4. The summed E-state index contributed by atoms with van der Waals surface area (Å²) in [6.07, 6.45) is 5.04. The molecule has 104 valence electrons. The second kappa shape index (κ2) is 9.86. The van der Waals surface area contributed by atoms with Crippen LogP contribution < -0.4 is 5.32 Å². The molecule has 0 saturated heterocycles. The van der Waals surface area contributed by atoms with Gasteiger partial charge in [0.2, 0.25) is 0 Å². The number of rotatable bonds is 10. The minimum Gasteiger partial charge on any atom is -0.385 e. The topological polar surface area (TPSA) is 24.5 Å². The van der Waals surface area contributed by atoms with Gasteiger partial charge < -0.3 is 15.0 Å². The van der Waals surface area contributed by atoms with E-state index < -0.39 is 0 Å². The molecule has 1 N–H and O–H groups in total. The lowest BCUT2D eigenvalue weighted by atomic mass is 10.1. The molecular formula is C14H32N2O. The van der Waals surface area contributed by atoms with Gasteiger partial charge in [-0.25, -0.2) is 0 Å². The van der Waals surface area contributed by atoms with Crippen LogP contribution in [0.4, 0.5) is 0 Å². The van der Waals surface area contributed by atoms with Gasteiger partial charge in [-0.3, -0.25) is 0 Å². The second-order valence-electron chi connectivity index (χ2n) is 5.89. The number of unbranched alkanes of at least 4 members (excludes halogenated alkanes) is 2. The Hall–Kier alpha value is -0.120. The van der Waals surface area contributed by atoms with Gasteiger partial charge in [0.15, 0.2) is 0 Å². The van der Waals surface area contributed by atoms with Crippen molar-refractivity contribution < 1.29 is 4.74 Å². The molecule has 0 unspecified atom stereocenters. The Morgan fingerprint density at radius 2 is 1.65 bits per heavy atom. The SMILES string of the molecule is COCCCN(C)CCCCCNC(C)(C)C. The average molecular weight is 244 g/mol. The molecule has 0 aromatic rings. The van der Waals surface area contributed by atoms with Crippen molar-refractivity contribution in [2.75, 3.05) is 40.4 Å². The first-order chi connectivity index (χ1) is 7.95. The zero-order valence-corrected chi connectivity index (χ0v) is 12.5. The maximum absolute atomic E-state index is 5.05. The van der Waals surface area contributed by atoms with Crippen LogP contribution in [0.2, 0.25) is 0 Å². The monoisotopic (exact) mass is 244 g/mol. The van der Waals surface area contributed by atoms with Crippen LogP contribution in [-0.2, 0) is 4.74 Å². The van der Waals surface area contributed by atoms with Crippen LogP contribution in [0.1, 0.15) is 46.5 Å². The summed E-state index contributed by atoms with van der Waals surface area (Å²) in [6, 6.07) is 0. The van der Waals surface area contributed by atoms with Crippen molar-refractivity contribution in [1.29, 1.82) is 0 Å². The van der Waals surface area contributed by atoms with Crippen molar-refractivity contribution in [3.05, 3.63) is 0 Å². The molecule has 0 saturated carbocycles. The van der Waals surface area contributed by atoms with E-state index in [2.05, 4.69) is 38.0 Å². The van der Waals surface area contributed by atoms with Crippen LogP contribution in [0, 0.1) is 0 Å². The van der Waals surface area contributed by atoms with Crippen molar-refractivity contribution in [3.63, 3.8) is 0 Å². The Kier molecular flexibility index (Phi) is 9.79. The summed E-state index contributed by atoms with van der Waals surface area (Å²) in [5, 5.41) is 3.52. The lowest BCUT2D eigenvalue weighted by molar-refractivity contribution is 0.179. The van der Waals surface area contributed by atoms with Crippen molar-refractivity contribution in [1.82, 2.24) is 10.2 Å². The van der Waals surface area contributed by atoms with Crippen molar-refractivity contribution in [2.24, 2.45) is 0 Å². The lowest BCUT2D eigenvalue weighted by Gasteiger charge is -2.20. The summed E-state index contributed by atoms with van der Waals surface area (Å²) < 4.78 is 5.05. The molecule has 0 atom stereocenters. The van der Waals surface area contributed by atoms with Crippen molar-refractivity contribution >= 4 is 0 Å². The Morgan fingerprint density at radius 1 is 1.00 bits per heavy atom. The molecule has 0 aliphatic heterocycles. The number of hydrogen-bond acceptors (Lipinski definition) is 3. The van der Waals surface area contributed by atoms with Crippen LogP contribution in [0.5, 0.6) is 0 Å². The maximum atomic E-state index is 5.05. The molecule has 0 rings (SSSR count). The summed E-state index contributed by atoms with van der Waals surface area (Å²) in [5.74, 6) is 0. The zero-order valence-electron chi connectivity index (χ0n) is 12.5. The van der Waals surface area contributed by atoms with E-state index in [1.807, 2.05) is 0 Å². The molecule has 0 heterocycles. The van der Waals surface area contributed by atoms with E-state index >= 15 is 0 Å². The van der Waals surface area contributed by atoms with Gasteiger partial charge in [0, 0.05) is 25.8 Å². The van der Waals surface area contributed by atoms with Gasteiger partial charge in [0.25, 0.3) is 0 Å². The van der Waals surface area contributed by atoms with Crippen LogP contribution in [0.15, 0.2) is 0 Å². The fraction of sp³-hybridized carbons (Fsp3) is 1.00. The fourth-order valence-electron chi connectivity index (χ4n) is 1.74. The number of ether oxygens (including phenoxy) is 1. The van der Waals surface area contributed by atoms with Crippen LogP contribution in [0.3, 0.4) is 0 Å². The van der Waals surface area contributed by atoms with E-state index in [0.717, 1.165) is 26.1 Å². The number of nitrogens with zero attached hydrogens (tertiary/aromatic N) is 1. The number of nitrogens with one attached hydrogen (secondary N) is 1.